The largest absolute Gasteiger partial charge is 0.391 e. The summed E-state index contributed by atoms with van der Waals surface area (Å²) in [7, 11) is 0. The summed E-state index contributed by atoms with van der Waals surface area (Å²) in [5.41, 5.74) is 6.18. The predicted octanol–water partition coefficient (Wildman–Crippen LogP) is 1.49. The monoisotopic (exact) mass is 337 g/mol. The van der Waals surface area contributed by atoms with Gasteiger partial charge in [0.15, 0.2) is 5.69 Å². The molecule has 6 nitrogen and oxygen atoms in total. The van der Waals surface area contributed by atoms with Crippen molar-refractivity contribution in [3.05, 3.63) is 76.2 Å². The summed E-state index contributed by atoms with van der Waals surface area (Å²) < 4.78 is 1.12. The van der Waals surface area contributed by atoms with Gasteiger partial charge in [0.05, 0.1) is 18.0 Å². The molecule has 25 heavy (non-hydrogen) atoms. The Morgan fingerprint density at radius 1 is 1.08 bits per heavy atom. The number of hydrogen-bond donors (Lipinski definition) is 2. The molecule has 2 aromatic carbocycles. The molecule has 1 heterocycles. The fourth-order valence-electron chi connectivity index (χ4n) is 2.81. The normalized spacial score (nSPS) is 12.2. The summed E-state index contributed by atoms with van der Waals surface area (Å²) in [6.07, 6.45) is 0.413. The van der Waals surface area contributed by atoms with Gasteiger partial charge in [-0.05, 0) is 24.5 Å². The van der Waals surface area contributed by atoms with Crippen molar-refractivity contribution < 1.29 is 9.90 Å². The first-order valence-corrected chi connectivity index (χ1v) is 8.08. The van der Waals surface area contributed by atoms with Crippen LogP contribution in [-0.2, 0) is 13.0 Å². The van der Waals surface area contributed by atoms with Crippen LogP contribution >= 0.6 is 0 Å². The van der Waals surface area contributed by atoms with Crippen LogP contribution in [0.1, 0.15) is 22.5 Å². The molecule has 3 N–H and O–H groups in total. The van der Waals surface area contributed by atoms with E-state index < -0.39 is 12.0 Å². The van der Waals surface area contributed by atoms with Gasteiger partial charge in [0.25, 0.3) is 11.5 Å². The number of nitrogens with two attached hydrogens (primary N) is 1. The number of benzene rings is 2. The smallest absolute Gasteiger partial charge is 0.274 e. The third-order valence-electron chi connectivity index (χ3n) is 4.09. The molecule has 0 saturated carbocycles. The van der Waals surface area contributed by atoms with Gasteiger partial charge in [0.2, 0.25) is 0 Å². The first kappa shape index (κ1) is 16.9. The van der Waals surface area contributed by atoms with E-state index in [1.165, 1.54) is 0 Å². The molecule has 0 unspecified atom stereocenters. The maximum Gasteiger partial charge on any atom is 0.274 e. The first-order valence-electron chi connectivity index (χ1n) is 8.08. The molecule has 1 amide bonds. The second-order valence-electron chi connectivity index (χ2n) is 5.92. The van der Waals surface area contributed by atoms with Gasteiger partial charge in [0.1, 0.15) is 0 Å². The van der Waals surface area contributed by atoms with Crippen LogP contribution < -0.4 is 11.3 Å². The van der Waals surface area contributed by atoms with E-state index in [1.54, 1.807) is 24.3 Å². The number of rotatable bonds is 6. The van der Waals surface area contributed by atoms with Crippen molar-refractivity contribution in [3.8, 4) is 0 Å². The molecule has 1 aromatic heterocycles. The standard InChI is InChI=1S/C19H19N3O3/c20-18(24)17-15-8-4-5-9-16(15)19(25)22(21-17)12-14(23)11-10-13-6-2-1-3-7-13/h1-9,14,23H,10-12H2,(H2,20,24)/t14-/m0/s1. The third-order valence-corrected chi connectivity index (χ3v) is 4.09. The fraction of sp³-hybridized carbons (Fsp3) is 0.211. The number of primary amides is 1. The van der Waals surface area contributed by atoms with E-state index in [1.807, 2.05) is 30.3 Å². The molecule has 0 aliphatic carbocycles. The summed E-state index contributed by atoms with van der Waals surface area (Å²) in [6, 6.07) is 16.5. The number of aromatic nitrogens is 2. The second-order valence-corrected chi connectivity index (χ2v) is 5.92. The highest BCUT2D eigenvalue weighted by Gasteiger charge is 2.16. The Morgan fingerprint density at radius 3 is 2.40 bits per heavy atom. The lowest BCUT2D eigenvalue weighted by molar-refractivity contribution is 0.0991. The van der Waals surface area contributed by atoms with E-state index in [0.29, 0.717) is 23.6 Å². The zero-order valence-electron chi connectivity index (χ0n) is 13.6. The number of aliphatic hydroxyl groups is 1. The Morgan fingerprint density at radius 2 is 1.72 bits per heavy atom. The SMILES string of the molecule is NC(=O)c1nn(C[C@@H](O)CCc2ccccc2)c(=O)c2ccccc12. The van der Waals surface area contributed by atoms with Crippen molar-refractivity contribution in [2.45, 2.75) is 25.5 Å². The lowest BCUT2D eigenvalue weighted by Crippen LogP contribution is -2.32. The highest BCUT2D eigenvalue weighted by atomic mass is 16.3. The lowest BCUT2D eigenvalue weighted by Gasteiger charge is -2.13. The van der Waals surface area contributed by atoms with Gasteiger partial charge >= 0.3 is 0 Å². The van der Waals surface area contributed by atoms with Crippen molar-refractivity contribution in [3.63, 3.8) is 0 Å². The fourth-order valence-corrected chi connectivity index (χ4v) is 2.81. The molecule has 128 valence electrons. The maximum absolute atomic E-state index is 12.6. The Hall–Kier alpha value is -2.99. The number of nitrogens with zero attached hydrogens (tertiary/aromatic N) is 2. The van der Waals surface area contributed by atoms with Gasteiger partial charge in [0, 0.05) is 5.39 Å². The predicted molar refractivity (Wildman–Crippen MR) is 95.3 cm³/mol. The van der Waals surface area contributed by atoms with Gasteiger partial charge in [-0.15, -0.1) is 0 Å². The summed E-state index contributed by atoms with van der Waals surface area (Å²) in [4.78, 5) is 24.2. The Labute approximate surface area is 144 Å². The number of hydrogen-bond acceptors (Lipinski definition) is 4. The van der Waals surface area contributed by atoms with Gasteiger partial charge < -0.3 is 10.8 Å². The highest BCUT2D eigenvalue weighted by Crippen LogP contribution is 2.13. The van der Waals surface area contributed by atoms with Crippen molar-refractivity contribution in [2.24, 2.45) is 5.73 Å². The second kappa shape index (κ2) is 7.27. The summed E-state index contributed by atoms with van der Waals surface area (Å²) in [5, 5.41) is 15.1. The molecular formula is C19H19N3O3. The molecule has 0 spiro atoms. The summed E-state index contributed by atoms with van der Waals surface area (Å²) in [5.74, 6) is -0.705. The highest BCUT2D eigenvalue weighted by molar-refractivity contribution is 6.03. The molecule has 0 bridgehead atoms. The van der Waals surface area contributed by atoms with Crippen LogP contribution in [0.25, 0.3) is 10.8 Å². The van der Waals surface area contributed by atoms with Crippen molar-refractivity contribution in [2.75, 3.05) is 0 Å². The van der Waals surface area contributed by atoms with Crippen LogP contribution in [0.2, 0.25) is 0 Å². The first-order chi connectivity index (χ1) is 12.1. The Balaban J connectivity index is 1.84. The van der Waals surface area contributed by atoms with E-state index in [-0.39, 0.29) is 17.8 Å². The molecule has 0 aliphatic heterocycles. The van der Waals surface area contributed by atoms with E-state index in [9.17, 15) is 14.7 Å². The van der Waals surface area contributed by atoms with Gasteiger partial charge in [-0.2, -0.15) is 5.10 Å². The zero-order valence-corrected chi connectivity index (χ0v) is 13.6. The zero-order chi connectivity index (χ0) is 17.8. The Bertz CT molecular complexity index is 951. The van der Waals surface area contributed by atoms with Gasteiger partial charge in [-0.25, -0.2) is 4.68 Å². The van der Waals surface area contributed by atoms with Crippen LogP contribution in [0.15, 0.2) is 59.4 Å². The number of aliphatic hydroxyl groups excluding tert-OH is 1. The van der Waals surface area contributed by atoms with E-state index in [0.717, 1.165) is 10.2 Å². The van der Waals surface area contributed by atoms with Crippen LogP contribution in [0.4, 0.5) is 0 Å². The van der Waals surface area contributed by atoms with Crippen LogP contribution in [-0.4, -0.2) is 26.9 Å². The number of carbonyl (C=O) groups excluding carboxylic acids is 1. The quantitative estimate of drug-likeness (QED) is 0.712. The average molecular weight is 337 g/mol. The lowest BCUT2D eigenvalue weighted by atomic mass is 10.1. The molecule has 0 radical (unpaired) electrons. The van der Waals surface area contributed by atoms with E-state index >= 15 is 0 Å². The molecule has 6 heteroatoms. The average Bonchev–Trinajstić information content (AvgIpc) is 2.63. The summed E-state index contributed by atoms with van der Waals surface area (Å²) >= 11 is 0. The minimum atomic E-state index is -0.757. The topological polar surface area (TPSA) is 98.2 Å². The minimum absolute atomic E-state index is 0.0107. The molecule has 0 saturated heterocycles. The van der Waals surface area contributed by atoms with Crippen molar-refractivity contribution >= 4 is 16.7 Å². The van der Waals surface area contributed by atoms with Crippen LogP contribution in [0.5, 0.6) is 0 Å². The third kappa shape index (κ3) is 3.75. The van der Waals surface area contributed by atoms with Gasteiger partial charge in [-0.1, -0.05) is 48.5 Å². The number of aryl methyl sites for hydroxylation is 1. The number of carbonyl (C=O) groups is 1. The number of fused-ring (bicyclic) bond motifs is 1. The van der Waals surface area contributed by atoms with Crippen LogP contribution in [0.3, 0.4) is 0 Å². The van der Waals surface area contributed by atoms with Crippen LogP contribution in [0, 0.1) is 0 Å². The maximum atomic E-state index is 12.6. The molecule has 3 rings (SSSR count). The molecule has 1 atom stereocenters. The van der Waals surface area contributed by atoms with E-state index in [2.05, 4.69) is 5.10 Å². The van der Waals surface area contributed by atoms with E-state index in [4.69, 9.17) is 5.73 Å². The molecule has 3 aromatic rings. The summed E-state index contributed by atoms with van der Waals surface area (Å²) in [6.45, 7) is 0.0107. The molecule has 0 fully saturated rings. The molecule has 0 aliphatic rings. The van der Waals surface area contributed by atoms with Crippen molar-refractivity contribution in [1.29, 1.82) is 0 Å². The minimum Gasteiger partial charge on any atom is -0.391 e. The van der Waals surface area contributed by atoms with Gasteiger partial charge in [-0.3, -0.25) is 9.59 Å². The number of amides is 1. The van der Waals surface area contributed by atoms with Crippen molar-refractivity contribution in [1.82, 2.24) is 9.78 Å². The molecular weight excluding hydrogens is 318 g/mol. The Kier molecular flexibility index (Phi) is 4.90.